The maximum Gasteiger partial charge on any atom is 0.344 e. The van der Waals surface area contributed by atoms with Gasteiger partial charge in [-0.25, -0.2) is 13.6 Å². The second-order valence-corrected chi connectivity index (χ2v) is 9.14. The van der Waals surface area contributed by atoms with E-state index in [1.165, 1.54) is 6.07 Å². The maximum atomic E-state index is 14.6. The summed E-state index contributed by atoms with van der Waals surface area (Å²) in [5, 5.41) is 12.1. The molecule has 0 bridgehead atoms. The van der Waals surface area contributed by atoms with E-state index in [0.717, 1.165) is 36.8 Å². The normalized spacial score (nSPS) is 14.2. The third-order valence-corrected chi connectivity index (χ3v) is 6.38. The lowest BCUT2D eigenvalue weighted by molar-refractivity contribution is -0.145. The van der Waals surface area contributed by atoms with Gasteiger partial charge < -0.3 is 25.6 Å². The van der Waals surface area contributed by atoms with E-state index in [4.69, 9.17) is 15.2 Å². The van der Waals surface area contributed by atoms with Crippen LogP contribution >= 0.6 is 0 Å². The van der Waals surface area contributed by atoms with Crippen LogP contribution in [-0.4, -0.2) is 28.1 Å². The lowest BCUT2D eigenvalue weighted by atomic mass is 10.0. The number of carbonyl (C=O) groups excluding carboxylic acids is 1. The van der Waals surface area contributed by atoms with Crippen molar-refractivity contribution in [1.29, 1.82) is 0 Å². The van der Waals surface area contributed by atoms with Gasteiger partial charge in [0.1, 0.15) is 5.75 Å². The molecule has 0 aliphatic heterocycles. The van der Waals surface area contributed by atoms with Gasteiger partial charge in [0.05, 0.1) is 0 Å². The van der Waals surface area contributed by atoms with Crippen LogP contribution in [-0.2, 0) is 16.1 Å². The lowest BCUT2D eigenvalue weighted by Gasteiger charge is -2.16. The lowest BCUT2D eigenvalue weighted by Crippen LogP contribution is -2.26. The van der Waals surface area contributed by atoms with Crippen LogP contribution < -0.4 is 20.5 Å². The van der Waals surface area contributed by atoms with Crippen LogP contribution in [0, 0.1) is 17.6 Å². The van der Waals surface area contributed by atoms with Crippen molar-refractivity contribution in [3.8, 4) is 28.6 Å². The molecule has 0 saturated heterocycles. The number of nitrogens with one attached hydrogen (secondary N) is 1. The summed E-state index contributed by atoms with van der Waals surface area (Å²) in [6.45, 7) is 1.88. The fraction of sp³-hybridized carbons (Fsp3) is 0.321. The molecule has 1 aromatic heterocycles. The first kappa shape index (κ1) is 27.0. The van der Waals surface area contributed by atoms with Gasteiger partial charge in [-0.3, -0.25) is 4.79 Å². The van der Waals surface area contributed by atoms with Crippen LogP contribution in [0.1, 0.15) is 44.6 Å². The van der Waals surface area contributed by atoms with Gasteiger partial charge in [0.25, 0.3) is 11.8 Å². The number of carboxylic acid groups (broad SMARTS) is 1. The van der Waals surface area contributed by atoms with Crippen LogP contribution in [0.2, 0.25) is 0 Å². The van der Waals surface area contributed by atoms with Gasteiger partial charge in [0, 0.05) is 30.3 Å². The van der Waals surface area contributed by atoms with Crippen LogP contribution in [0.15, 0.2) is 48.5 Å². The van der Waals surface area contributed by atoms with E-state index in [1.54, 1.807) is 19.1 Å². The van der Waals surface area contributed by atoms with E-state index in [1.807, 2.05) is 24.3 Å². The highest BCUT2D eigenvalue weighted by Crippen LogP contribution is 2.34. The number of nitrogens with zero attached hydrogens (tertiary/aromatic N) is 1. The first-order valence-corrected chi connectivity index (χ1v) is 12.5. The van der Waals surface area contributed by atoms with Crippen LogP contribution in [0.5, 0.6) is 17.5 Å². The van der Waals surface area contributed by atoms with E-state index in [9.17, 15) is 23.5 Å². The molecule has 4 rings (SSSR count). The summed E-state index contributed by atoms with van der Waals surface area (Å²) >= 11 is 0. The quantitative estimate of drug-likeness (QED) is 0.313. The van der Waals surface area contributed by atoms with E-state index in [0.29, 0.717) is 23.9 Å². The SMILES string of the molecule is CC[C@@H](Oc1nc(Oc2cc(NC(=O)C3CCCC3)cc(-c3cccc(CN)c3)c2)c(F)cc1F)C(=O)O. The van der Waals surface area contributed by atoms with Gasteiger partial charge in [-0.05, 0) is 54.2 Å². The van der Waals surface area contributed by atoms with Crippen LogP contribution in [0.3, 0.4) is 0 Å². The smallest absolute Gasteiger partial charge is 0.344 e. The molecule has 0 radical (unpaired) electrons. The molecule has 200 valence electrons. The fourth-order valence-electron chi connectivity index (χ4n) is 4.35. The number of amides is 1. The van der Waals surface area contributed by atoms with Crippen molar-refractivity contribution < 1.29 is 33.0 Å². The predicted octanol–water partition coefficient (Wildman–Crippen LogP) is 5.65. The number of benzene rings is 2. The summed E-state index contributed by atoms with van der Waals surface area (Å²) in [6, 6.07) is 12.9. The first-order chi connectivity index (χ1) is 18.3. The molecule has 4 N–H and O–H groups in total. The number of aliphatic carboxylic acids is 1. The molecule has 1 atom stereocenters. The molecule has 3 aromatic rings. The van der Waals surface area contributed by atoms with Crippen molar-refractivity contribution in [1.82, 2.24) is 4.98 Å². The van der Waals surface area contributed by atoms with Crippen molar-refractivity contribution in [2.75, 3.05) is 5.32 Å². The Labute approximate surface area is 218 Å². The molecule has 1 aliphatic carbocycles. The highest BCUT2D eigenvalue weighted by molar-refractivity contribution is 5.93. The number of hydrogen-bond acceptors (Lipinski definition) is 6. The highest BCUT2D eigenvalue weighted by Gasteiger charge is 2.24. The van der Waals surface area contributed by atoms with Gasteiger partial charge in [0.2, 0.25) is 5.91 Å². The van der Waals surface area contributed by atoms with Crippen LogP contribution in [0.4, 0.5) is 14.5 Å². The summed E-state index contributed by atoms with van der Waals surface area (Å²) in [5.41, 5.74) is 8.57. The van der Waals surface area contributed by atoms with E-state index in [2.05, 4.69) is 10.3 Å². The molecule has 1 fully saturated rings. The Kier molecular flexibility index (Phi) is 8.52. The zero-order chi connectivity index (χ0) is 27.2. The molecule has 1 amide bonds. The molecule has 10 heteroatoms. The second-order valence-electron chi connectivity index (χ2n) is 9.14. The molecular formula is C28H29F2N3O5. The third kappa shape index (κ3) is 6.44. The Hall–Kier alpha value is -4.05. The molecule has 0 unspecified atom stereocenters. The number of aromatic nitrogens is 1. The zero-order valence-electron chi connectivity index (χ0n) is 20.9. The van der Waals surface area contributed by atoms with Crippen molar-refractivity contribution in [2.45, 2.75) is 51.7 Å². The molecule has 38 heavy (non-hydrogen) atoms. The zero-order valence-corrected chi connectivity index (χ0v) is 20.9. The third-order valence-electron chi connectivity index (χ3n) is 6.38. The minimum atomic E-state index is -1.37. The van der Waals surface area contributed by atoms with Crippen LogP contribution in [0.25, 0.3) is 11.1 Å². The Morgan fingerprint density at radius 1 is 1.08 bits per heavy atom. The first-order valence-electron chi connectivity index (χ1n) is 12.5. The maximum absolute atomic E-state index is 14.6. The van der Waals surface area contributed by atoms with E-state index < -0.39 is 35.5 Å². The van der Waals surface area contributed by atoms with Gasteiger partial charge >= 0.3 is 5.97 Å². The molecule has 1 aliphatic rings. The van der Waals surface area contributed by atoms with Crippen molar-refractivity contribution in [3.05, 3.63) is 65.7 Å². The van der Waals surface area contributed by atoms with Gasteiger partial charge in [-0.1, -0.05) is 38.0 Å². The molecule has 2 aromatic carbocycles. The van der Waals surface area contributed by atoms with E-state index >= 15 is 0 Å². The summed E-state index contributed by atoms with van der Waals surface area (Å²) in [7, 11) is 0. The summed E-state index contributed by atoms with van der Waals surface area (Å²) < 4.78 is 39.8. The predicted molar refractivity (Wildman–Crippen MR) is 137 cm³/mol. The largest absolute Gasteiger partial charge is 0.479 e. The Balaban J connectivity index is 1.69. The standard InChI is InChI=1S/C28H29F2N3O5/c1-2-24(28(35)36)38-27-23(30)14-22(29)26(33-27)37-21-12-19(18-9-5-6-16(10-18)15-31)11-20(13-21)32-25(34)17-7-3-4-8-17/h5-6,9-14,17,24H,2-4,7-8,15,31H2,1H3,(H,32,34)(H,35,36)/t24-/m1/s1. The molecule has 1 heterocycles. The Morgan fingerprint density at radius 3 is 2.50 bits per heavy atom. The van der Waals surface area contributed by atoms with Gasteiger partial charge in [-0.15, -0.1) is 0 Å². The number of ether oxygens (including phenoxy) is 2. The number of halogens is 2. The number of nitrogens with two attached hydrogens (primary N) is 1. The monoisotopic (exact) mass is 525 g/mol. The summed E-state index contributed by atoms with van der Waals surface area (Å²) in [6.07, 6.45) is 2.30. The van der Waals surface area contributed by atoms with Gasteiger partial charge in [0.15, 0.2) is 17.7 Å². The minimum Gasteiger partial charge on any atom is -0.479 e. The van der Waals surface area contributed by atoms with Crippen molar-refractivity contribution >= 4 is 17.6 Å². The number of carbonyl (C=O) groups is 2. The van der Waals surface area contributed by atoms with E-state index in [-0.39, 0.29) is 24.0 Å². The Morgan fingerprint density at radius 2 is 1.82 bits per heavy atom. The minimum absolute atomic E-state index is 0.0397. The van der Waals surface area contributed by atoms with Crippen molar-refractivity contribution in [3.63, 3.8) is 0 Å². The summed E-state index contributed by atoms with van der Waals surface area (Å²) in [4.78, 5) is 27.9. The second kappa shape index (κ2) is 12.0. The number of rotatable bonds is 10. The Bertz CT molecular complexity index is 1330. The molecule has 0 spiro atoms. The number of anilines is 1. The average molecular weight is 526 g/mol. The summed E-state index contributed by atoms with van der Waals surface area (Å²) in [5.74, 6) is -4.95. The fourth-order valence-corrected chi connectivity index (χ4v) is 4.35. The highest BCUT2D eigenvalue weighted by atomic mass is 19.1. The van der Waals surface area contributed by atoms with Crippen molar-refractivity contribution in [2.24, 2.45) is 11.7 Å². The molecule has 8 nitrogen and oxygen atoms in total. The molecule has 1 saturated carbocycles. The molecular weight excluding hydrogens is 496 g/mol. The number of carboxylic acids is 1. The average Bonchev–Trinajstić information content (AvgIpc) is 3.45. The topological polar surface area (TPSA) is 124 Å². The number of hydrogen-bond donors (Lipinski definition) is 3. The number of pyridine rings is 1. The van der Waals surface area contributed by atoms with Gasteiger partial charge in [-0.2, -0.15) is 4.98 Å².